The fourth-order valence-corrected chi connectivity index (χ4v) is 2.74. The molecular weight excluding hydrogens is 295 g/mol. The molecule has 2 N–H and O–H groups in total. The minimum atomic E-state index is -0.258. The summed E-state index contributed by atoms with van der Waals surface area (Å²) in [5, 5.41) is 6.96. The lowest BCUT2D eigenvalue weighted by Crippen LogP contribution is -2.32. The molecule has 0 bridgehead atoms. The van der Waals surface area contributed by atoms with Gasteiger partial charge in [0.05, 0.1) is 6.04 Å². The summed E-state index contributed by atoms with van der Waals surface area (Å²) in [5.41, 5.74) is 4.53. The Bertz CT molecular complexity index is 653. The number of nitrogens with one attached hydrogen (secondary N) is 2. The minimum absolute atomic E-state index is 0.154. The van der Waals surface area contributed by atoms with Crippen molar-refractivity contribution >= 4 is 23.0 Å². The van der Waals surface area contributed by atoms with Gasteiger partial charge in [0.25, 0.3) is 0 Å². The van der Waals surface area contributed by atoms with E-state index in [0.29, 0.717) is 5.11 Å². The van der Waals surface area contributed by atoms with Gasteiger partial charge in [-0.25, -0.2) is 4.39 Å². The molecule has 4 heteroatoms. The van der Waals surface area contributed by atoms with Crippen LogP contribution in [0.1, 0.15) is 36.1 Å². The Morgan fingerprint density at radius 3 is 2.41 bits per heavy atom. The molecule has 0 radical (unpaired) electrons. The molecule has 0 saturated heterocycles. The summed E-state index contributed by atoms with van der Waals surface area (Å²) in [5.74, 6) is -0.258. The van der Waals surface area contributed by atoms with Gasteiger partial charge >= 0.3 is 0 Å². The van der Waals surface area contributed by atoms with Gasteiger partial charge in [0.15, 0.2) is 5.11 Å². The number of halogens is 1. The molecule has 22 heavy (non-hydrogen) atoms. The molecule has 0 spiro atoms. The van der Waals surface area contributed by atoms with Crippen molar-refractivity contribution < 1.29 is 4.39 Å². The van der Waals surface area contributed by atoms with E-state index in [4.69, 9.17) is 12.2 Å². The smallest absolute Gasteiger partial charge is 0.171 e. The highest BCUT2D eigenvalue weighted by atomic mass is 32.1. The first-order chi connectivity index (χ1) is 10.5. The predicted octanol–water partition coefficient (Wildman–Crippen LogP) is 4.88. The van der Waals surface area contributed by atoms with E-state index in [1.54, 1.807) is 12.1 Å². The summed E-state index contributed by atoms with van der Waals surface area (Å²) in [6.45, 7) is 6.33. The normalized spacial score (nSPS) is 11.8. The maximum Gasteiger partial charge on any atom is 0.171 e. The van der Waals surface area contributed by atoms with Crippen LogP contribution in [0, 0.1) is 19.7 Å². The molecule has 2 nitrogen and oxygen atoms in total. The molecule has 0 aromatic heterocycles. The van der Waals surface area contributed by atoms with E-state index in [1.165, 1.54) is 28.8 Å². The lowest BCUT2D eigenvalue weighted by atomic mass is 9.98. The van der Waals surface area contributed by atoms with Gasteiger partial charge in [0.2, 0.25) is 0 Å². The van der Waals surface area contributed by atoms with Crippen molar-refractivity contribution in [1.82, 2.24) is 5.32 Å². The first-order valence-electron chi connectivity index (χ1n) is 7.40. The molecule has 0 heterocycles. The van der Waals surface area contributed by atoms with Crippen molar-refractivity contribution in [2.24, 2.45) is 0 Å². The maximum absolute atomic E-state index is 12.9. The average molecular weight is 316 g/mol. The van der Waals surface area contributed by atoms with Crippen molar-refractivity contribution in [2.75, 3.05) is 5.32 Å². The van der Waals surface area contributed by atoms with Crippen LogP contribution >= 0.6 is 12.2 Å². The molecule has 2 aromatic carbocycles. The van der Waals surface area contributed by atoms with Gasteiger partial charge in [-0.15, -0.1) is 0 Å². The highest BCUT2D eigenvalue weighted by Gasteiger charge is 2.13. The third-order valence-electron chi connectivity index (χ3n) is 3.62. The zero-order chi connectivity index (χ0) is 16.1. The van der Waals surface area contributed by atoms with E-state index in [1.807, 2.05) is 0 Å². The van der Waals surface area contributed by atoms with Crippen LogP contribution in [0.25, 0.3) is 0 Å². The molecular formula is C18H21FN2S. The van der Waals surface area contributed by atoms with Gasteiger partial charge < -0.3 is 10.6 Å². The highest BCUT2D eigenvalue weighted by molar-refractivity contribution is 7.80. The zero-order valence-corrected chi connectivity index (χ0v) is 13.9. The Balaban J connectivity index is 2.06. The fourth-order valence-electron chi connectivity index (χ4n) is 2.47. The topological polar surface area (TPSA) is 24.1 Å². The van der Waals surface area contributed by atoms with Gasteiger partial charge in [-0.2, -0.15) is 0 Å². The van der Waals surface area contributed by atoms with Crippen molar-refractivity contribution in [2.45, 2.75) is 33.2 Å². The lowest BCUT2D eigenvalue weighted by Gasteiger charge is -2.22. The molecule has 1 atom stereocenters. The summed E-state index contributed by atoms with van der Waals surface area (Å²) >= 11 is 5.36. The number of thiocarbonyl (C=S) groups is 1. The minimum Gasteiger partial charge on any atom is -0.356 e. The van der Waals surface area contributed by atoms with E-state index < -0.39 is 0 Å². The van der Waals surface area contributed by atoms with Crippen molar-refractivity contribution in [3.8, 4) is 0 Å². The number of anilines is 1. The van der Waals surface area contributed by atoms with Crippen LogP contribution in [0.2, 0.25) is 0 Å². The van der Waals surface area contributed by atoms with Crippen LogP contribution in [-0.4, -0.2) is 5.11 Å². The van der Waals surface area contributed by atoms with Crippen molar-refractivity contribution in [3.05, 3.63) is 65.0 Å². The number of hydrogen-bond acceptors (Lipinski definition) is 1. The second-order valence-corrected chi connectivity index (χ2v) is 5.83. The van der Waals surface area contributed by atoms with Gasteiger partial charge in [-0.1, -0.05) is 30.7 Å². The van der Waals surface area contributed by atoms with Crippen molar-refractivity contribution in [1.29, 1.82) is 0 Å². The number of hydrogen-bond donors (Lipinski definition) is 2. The fraction of sp³-hybridized carbons (Fsp3) is 0.278. The third kappa shape index (κ3) is 4.28. The molecule has 0 amide bonds. The van der Waals surface area contributed by atoms with Crippen LogP contribution < -0.4 is 10.6 Å². The van der Waals surface area contributed by atoms with E-state index >= 15 is 0 Å². The zero-order valence-electron chi connectivity index (χ0n) is 13.1. The monoisotopic (exact) mass is 316 g/mol. The standard InChI is InChI=1S/C18H21FN2S/c1-4-17(16-10-5-12(2)11-13(16)3)21-18(22)20-15-8-6-14(19)7-9-15/h5-11,17H,4H2,1-3H3,(H2,20,21,22)/t17-/m0/s1. The molecule has 0 aliphatic heterocycles. The third-order valence-corrected chi connectivity index (χ3v) is 3.84. The molecule has 0 aliphatic rings. The van der Waals surface area contributed by atoms with Gasteiger partial charge in [0, 0.05) is 5.69 Å². The number of rotatable bonds is 4. The van der Waals surface area contributed by atoms with E-state index in [0.717, 1.165) is 12.1 Å². The van der Waals surface area contributed by atoms with Gasteiger partial charge in [-0.05, 0) is 67.9 Å². The Kier molecular flexibility index (Phi) is 5.50. The highest BCUT2D eigenvalue weighted by Crippen LogP contribution is 2.22. The predicted molar refractivity (Wildman–Crippen MR) is 94.7 cm³/mol. The Hall–Kier alpha value is -1.94. The second kappa shape index (κ2) is 7.36. The van der Waals surface area contributed by atoms with Gasteiger partial charge in [-0.3, -0.25) is 0 Å². The molecule has 116 valence electrons. The molecule has 0 aliphatic carbocycles. The van der Waals surface area contributed by atoms with E-state index in [2.05, 4.69) is 49.6 Å². The summed E-state index contributed by atoms with van der Waals surface area (Å²) in [4.78, 5) is 0. The molecule has 0 saturated carbocycles. The summed E-state index contributed by atoms with van der Waals surface area (Å²) in [6, 6.07) is 12.7. The van der Waals surface area contributed by atoms with Gasteiger partial charge in [0.1, 0.15) is 5.82 Å². The van der Waals surface area contributed by atoms with Crippen LogP contribution in [0.4, 0.5) is 10.1 Å². The van der Waals surface area contributed by atoms with Crippen LogP contribution in [0.5, 0.6) is 0 Å². The van der Waals surface area contributed by atoms with Crippen LogP contribution in [0.3, 0.4) is 0 Å². The SMILES string of the molecule is CC[C@H](NC(=S)Nc1ccc(F)cc1)c1ccc(C)cc1C. The molecule has 0 fully saturated rings. The quantitative estimate of drug-likeness (QED) is 0.786. The van der Waals surface area contributed by atoms with Crippen LogP contribution in [0.15, 0.2) is 42.5 Å². The molecule has 2 aromatic rings. The molecule has 2 rings (SSSR count). The number of aryl methyl sites for hydroxylation is 2. The van der Waals surface area contributed by atoms with Crippen molar-refractivity contribution in [3.63, 3.8) is 0 Å². The molecule has 0 unspecified atom stereocenters. The lowest BCUT2D eigenvalue weighted by molar-refractivity contribution is 0.624. The Labute approximate surface area is 136 Å². The Morgan fingerprint density at radius 1 is 1.14 bits per heavy atom. The first kappa shape index (κ1) is 16.4. The van der Waals surface area contributed by atoms with E-state index in [-0.39, 0.29) is 11.9 Å². The van der Waals surface area contributed by atoms with E-state index in [9.17, 15) is 4.39 Å². The summed E-state index contributed by atoms with van der Waals surface area (Å²) < 4.78 is 12.9. The summed E-state index contributed by atoms with van der Waals surface area (Å²) in [7, 11) is 0. The average Bonchev–Trinajstić information content (AvgIpc) is 2.48. The maximum atomic E-state index is 12.9. The second-order valence-electron chi connectivity index (χ2n) is 5.43. The number of benzene rings is 2. The largest absolute Gasteiger partial charge is 0.356 e. The first-order valence-corrected chi connectivity index (χ1v) is 7.80. The van der Waals surface area contributed by atoms with Crippen LogP contribution in [-0.2, 0) is 0 Å². The summed E-state index contributed by atoms with van der Waals surface area (Å²) in [6.07, 6.45) is 0.926. The Morgan fingerprint density at radius 2 is 1.82 bits per heavy atom.